The number of ether oxygens (including phenoxy) is 1. The zero-order valence-corrected chi connectivity index (χ0v) is 13.0. The van der Waals surface area contributed by atoms with Crippen LogP contribution in [0, 0.1) is 0 Å². The Morgan fingerprint density at radius 2 is 1.24 bits per heavy atom. The van der Waals surface area contributed by atoms with Crippen LogP contribution in [0.15, 0.2) is 0 Å². The third kappa shape index (κ3) is 9.57. The summed E-state index contributed by atoms with van der Waals surface area (Å²) < 4.78 is 7.89. The van der Waals surface area contributed by atoms with Crippen molar-refractivity contribution in [1.29, 1.82) is 0 Å². The van der Waals surface area contributed by atoms with Gasteiger partial charge in [-0.3, -0.25) is 0 Å². The lowest BCUT2D eigenvalue weighted by Crippen LogP contribution is -2.44. The Bertz CT molecular complexity index is 183. The lowest BCUT2D eigenvalue weighted by Gasteiger charge is -2.32. The first-order valence-electron chi connectivity index (χ1n) is 7.05. The third-order valence-corrected chi connectivity index (χ3v) is 3.63. The summed E-state index contributed by atoms with van der Waals surface area (Å²) in [5.41, 5.74) is 0. The van der Waals surface area contributed by atoms with Gasteiger partial charge in [-0.1, -0.05) is 0 Å². The summed E-state index contributed by atoms with van der Waals surface area (Å²) in [5.74, 6) is 0. The second-order valence-electron chi connectivity index (χ2n) is 6.31. The van der Waals surface area contributed by atoms with Gasteiger partial charge in [0.05, 0.1) is 67.6 Å². The van der Waals surface area contributed by atoms with E-state index in [2.05, 4.69) is 42.0 Å². The molecule has 0 unspecified atom stereocenters. The molecule has 0 amide bonds. The normalized spacial score (nSPS) is 13.1. The second-order valence-corrected chi connectivity index (χ2v) is 6.31. The van der Waals surface area contributed by atoms with Crippen LogP contribution in [-0.4, -0.2) is 76.5 Å². The van der Waals surface area contributed by atoms with Gasteiger partial charge in [0.15, 0.2) is 0 Å². The summed E-state index contributed by atoms with van der Waals surface area (Å²) in [7, 11) is 9.01. The lowest BCUT2D eigenvalue weighted by atomic mass is 10.3. The molecule has 0 aromatic carbocycles. The molecule has 0 N–H and O–H groups in total. The maximum atomic E-state index is 5.69. The standard InChI is InChI=1S/C14H34N2O/c1-7-16(6,8-2)12-10-14-17-13-9-11-15(3,4)5/h7-14H2,1-6H3/q+2. The smallest absolute Gasteiger partial charge is 0.0806 e. The van der Waals surface area contributed by atoms with E-state index >= 15 is 0 Å². The average molecular weight is 246 g/mol. The zero-order valence-electron chi connectivity index (χ0n) is 13.0. The average Bonchev–Trinajstić information content (AvgIpc) is 2.26. The molecular formula is C14H34N2O+2. The van der Waals surface area contributed by atoms with Gasteiger partial charge in [0.2, 0.25) is 0 Å². The zero-order chi connectivity index (χ0) is 13.4. The predicted molar refractivity (Wildman–Crippen MR) is 75.1 cm³/mol. The molecule has 0 fully saturated rings. The summed E-state index contributed by atoms with van der Waals surface area (Å²) in [6.45, 7) is 11.2. The van der Waals surface area contributed by atoms with Gasteiger partial charge in [0.1, 0.15) is 0 Å². The topological polar surface area (TPSA) is 9.23 Å². The van der Waals surface area contributed by atoms with Crippen LogP contribution in [0.1, 0.15) is 26.7 Å². The molecule has 0 aliphatic carbocycles. The molecule has 17 heavy (non-hydrogen) atoms. The molecule has 0 spiro atoms. The summed E-state index contributed by atoms with van der Waals surface area (Å²) in [5, 5.41) is 0. The van der Waals surface area contributed by atoms with Crippen molar-refractivity contribution in [2.24, 2.45) is 0 Å². The molecule has 0 aliphatic rings. The van der Waals surface area contributed by atoms with Gasteiger partial charge in [-0.2, -0.15) is 0 Å². The van der Waals surface area contributed by atoms with Crippen LogP contribution in [0.4, 0.5) is 0 Å². The van der Waals surface area contributed by atoms with Crippen LogP contribution in [0.2, 0.25) is 0 Å². The number of rotatable bonds is 10. The molecule has 0 bridgehead atoms. The van der Waals surface area contributed by atoms with Crippen LogP contribution < -0.4 is 0 Å². The molecule has 0 aliphatic heterocycles. The molecule has 0 heterocycles. The van der Waals surface area contributed by atoms with Gasteiger partial charge >= 0.3 is 0 Å². The Kier molecular flexibility index (Phi) is 8.01. The van der Waals surface area contributed by atoms with Crippen molar-refractivity contribution in [3.63, 3.8) is 0 Å². The number of hydrogen-bond acceptors (Lipinski definition) is 1. The molecule has 104 valence electrons. The Hall–Kier alpha value is -0.120. The van der Waals surface area contributed by atoms with E-state index in [1.165, 1.54) is 37.1 Å². The van der Waals surface area contributed by atoms with E-state index in [-0.39, 0.29) is 0 Å². The molecule has 0 saturated carbocycles. The van der Waals surface area contributed by atoms with Gasteiger partial charge in [0, 0.05) is 12.8 Å². The monoisotopic (exact) mass is 246 g/mol. The lowest BCUT2D eigenvalue weighted by molar-refractivity contribution is -0.906. The summed E-state index contributed by atoms with van der Waals surface area (Å²) in [6, 6.07) is 0. The molecule has 0 rings (SSSR count). The molecule has 3 heteroatoms. The maximum absolute atomic E-state index is 5.69. The molecule has 0 saturated heterocycles. The minimum Gasteiger partial charge on any atom is -0.381 e. The Morgan fingerprint density at radius 3 is 1.65 bits per heavy atom. The number of hydrogen-bond donors (Lipinski definition) is 0. The van der Waals surface area contributed by atoms with Gasteiger partial charge < -0.3 is 13.7 Å². The fraction of sp³-hybridized carbons (Fsp3) is 1.00. The highest BCUT2D eigenvalue weighted by Crippen LogP contribution is 2.03. The molecular weight excluding hydrogens is 212 g/mol. The van der Waals surface area contributed by atoms with E-state index in [1.807, 2.05) is 0 Å². The van der Waals surface area contributed by atoms with E-state index in [4.69, 9.17) is 4.74 Å². The highest BCUT2D eigenvalue weighted by Gasteiger charge is 2.15. The van der Waals surface area contributed by atoms with Crippen LogP contribution in [-0.2, 0) is 4.74 Å². The first-order valence-corrected chi connectivity index (χ1v) is 7.05. The van der Waals surface area contributed by atoms with Crippen molar-refractivity contribution in [2.45, 2.75) is 26.7 Å². The molecule has 0 atom stereocenters. The quantitative estimate of drug-likeness (QED) is 0.423. The summed E-state index contributed by atoms with van der Waals surface area (Å²) >= 11 is 0. The van der Waals surface area contributed by atoms with Crippen molar-refractivity contribution < 1.29 is 13.7 Å². The van der Waals surface area contributed by atoms with Crippen molar-refractivity contribution >= 4 is 0 Å². The summed E-state index contributed by atoms with van der Waals surface area (Å²) in [4.78, 5) is 0. The van der Waals surface area contributed by atoms with E-state index in [0.29, 0.717) is 0 Å². The van der Waals surface area contributed by atoms with Crippen LogP contribution >= 0.6 is 0 Å². The van der Waals surface area contributed by atoms with E-state index < -0.39 is 0 Å². The molecule has 0 aromatic rings. The Balaban J connectivity index is 3.41. The van der Waals surface area contributed by atoms with Crippen molar-refractivity contribution in [2.75, 3.05) is 67.6 Å². The minimum atomic E-state index is 0.914. The first-order chi connectivity index (χ1) is 7.83. The fourth-order valence-electron chi connectivity index (χ4n) is 1.83. The maximum Gasteiger partial charge on any atom is 0.0806 e. The van der Waals surface area contributed by atoms with Gasteiger partial charge in [-0.25, -0.2) is 0 Å². The second kappa shape index (κ2) is 8.06. The minimum absolute atomic E-state index is 0.914. The predicted octanol–water partition coefficient (Wildman–Crippen LogP) is 1.98. The highest BCUT2D eigenvalue weighted by atomic mass is 16.5. The fourth-order valence-corrected chi connectivity index (χ4v) is 1.83. The Labute approximate surface area is 109 Å². The summed E-state index contributed by atoms with van der Waals surface area (Å²) in [6.07, 6.45) is 2.35. The largest absolute Gasteiger partial charge is 0.381 e. The molecule has 3 nitrogen and oxygen atoms in total. The van der Waals surface area contributed by atoms with Crippen LogP contribution in [0.25, 0.3) is 0 Å². The van der Waals surface area contributed by atoms with E-state index in [9.17, 15) is 0 Å². The van der Waals surface area contributed by atoms with Crippen molar-refractivity contribution in [3.05, 3.63) is 0 Å². The third-order valence-electron chi connectivity index (χ3n) is 3.63. The van der Waals surface area contributed by atoms with Gasteiger partial charge in [-0.15, -0.1) is 0 Å². The van der Waals surface area contributed by atoms with Gasteiger partial charge in [-0.05, 0) is 13.8 Å². The molecule has 0 aromatic heterocycles. The van der Waals surface area contributed by atoms with Crippen molar-refractivity contribution in [1.82, 2.24) is 0 Å². The SMILES string of the molecule is CC[N+](C)(CC)CCCOCCC[N+](C)(C)C. The number of nitrogens with zero attached hydrogens (tertiary/aromatic N) is 2. The molecule has 0 radical (unpaired) electrons. The van der Waals surface area contributed by atoms with Gasteiger partial charge in [0.25, 0.3) is 0 Å². The van der Waals surface area contributed by atoms with E-state index in [0.717, 1.165) is 24.1 Å². The van der Waals surface area contributed by atoms with Crippen LogP contribution in [0.3, 0.4) is 0 Å². The van der Waals surface area contributed by atoms with Crippen molar-refractivity contribution in [3.8, 4) is 0 Å². The van der Waals surface area contributed by atoms with Crippen LogP contribution in [0.5, 0.6) is 0 Å². The Morgan fingerprint density at radius 1 is 0.765 bits per heavy atom. The number of quaternary nitrogens is 2. The first kappa shape index (κ1) is 16.9. The highest BCUT2D eigenvalue weighted by molar-refractivity contribution is 4.40. The van der Waals surface area contributed by atoms with E-state index in [1.54, 1.807) is 0 Å².